The fourth-order valence-corrected chi connectivity index (χ4v) is 6.84. The number of ketones is 1. The molecule has 0 aliphatic carbocycles. The Labute approximate surface area is 167 Å². The summed E-state index contributed by atoms with van der Waals surface area (Å²) < 4.78 is 27.6. The molecule has 3 N–H and O–H groups in total. The number of aliphatic hydroxyl groups is 1. The zero-order chi connectivity index (χ0) is 21.0. The van der Waals surface area contributed by atoms with Crippen LogP contribution in [0.2, 0.25) is 0 Å². The maximum atomic E-state index is 12.3. The lowest BCUT2D eigenvalue weighted by Crippen LogP contribution is -2.63. The minimum Gasteiger partial charge on any atom is -0.477 e. The van der Waals surface area contributed by atoms with E-state index in [0.717, 1.165) is 0 Å². The Bertz CT molecular complexity index is 848. The van der Waals surface area contributed by atoms with Crippen LogP contribution in [0, 0.1) is 11.8 Å². The van der Waals surface area contributed by atoms with Crippen LogP contribution in [0.4, 0.5) is 0 Å². The van der Waals surface area contributed by atoms with Gasteiger partial charge >= 0.3 is 5.97 Å². The number of fused-ring (bicyclic) bond motifs is 1. The number of Topliss-reactive ketones (excluding diaryl/α,β-unsaturated/α-hetero) is 1. The van der Waals surface area contributed by atoms with E-state index in [1.54, 1.807) is 0 Å². The van der Waals surface area contributed by atoms with E-state index in [0.29, 0.717) is 4.91 Å². The molecule has 0 aromatic rings. The lowest BCUT2D eigenvalue weighted by atomic mass is 9.79. The first-order valence-electron chi connectivity index (χ1n) is 8.85. The molecule has 0 aromatic heterocycles. The van der Waals surface area contributed by atoms with Gasteiger partial charge in [-0.25, -0.2) is 4.79 Å². The first kappa shape index (κ1) is 21.2. The van der Waals surface area contributed by atoms with Crippen LogP contribution in [0.15, 0.2) is 10.6 Å². The Balaban J connectivity index is 1.69. The Morgan fingerprint density at radius 2 is 1.96 bits per heavy atom. The Morgan fingerprint density at radius 3 is 2.46 bits per heavy atom. The number of aliphatic hydroxyl groups excluding tert-OH is 1. The van der Waals surface area contributed by atoms with Crippen molar-refractivity contribution >= 4 is 39.6 Å². The second-order valence-electron chi connectivity index (χ2n) is 7.36. The summed E-state index contributed by atoms with van der Waals surface area (Å²) in [6, 6.07) is -0.391. The Kier molecular flexibility index (Phi) is 5.62. The van der Waals surface area contributed by atoms with Crippen LogP contribution < -0.4 is 4.72 Å². The fraction of sp³-hybridized carbons (Fsp3) is 0.688. The Morgan fingerprint density at radius 1 is 1.36 bits per heavy atom. The van der Waals surface area contributed by atoms with Crippen LogP contribution in [0.1, 0.15) is 20.8 Å². The number of hydrogen-bond acceptors (Lipinski definition) is 7. The second-order valence-corrected chi connectivity index (χ2v) is 10.5. The lowest BCUT2D eigenvalue weighted by Gasteiger charge is -2.46. The topological polar surface area (TPSA) is 144 Å². The highest BCUT2D eigenvalue weighted by molar-refractivity contribution is 8.04. The number of nitrogens with zero attached hydrogens (tertiary/aromatic N) is 2. The van der Waals surface area contributed by atoms with E-state index in [1.807, 2.05) is 6.92 Å². The van der Waals surface area contributed by atoms with Gasteiger partial charge in [0.05, 0.1) is 24.6 Å². The highest BCUT2D eigenvalue weighted by Crippen LogP contribution is 2.51. The number of carboxylic acids is 1. The van der Waals surface area contributed by atoms with Crippen molar-refractivity contribution < 1.29 is 33.0 Å². The predicted octanol–water partition coefficient (Wildman–Crippen LogP) is -1.02. The van der Waals surface area contributed by atoms with Crippen molar-refractivity contribution in [2.75, 3.05) is 19.6 Å². The first-order chi connectivity index (χ1) is 13.0. The van der Waals surface area contributed by atoms with Gasteiger partial charge in [-0.05, 0) is 13.8 Å². The molecule has 0 radical (unpaired) electrons. The number of carboxylic acid groups (broad SMARTS) is 1. The van der Waals surface area contributed by atoms with Crippen molar-refractivity contribution in [2.24, 2.45) is 11.8 Å². The van der Waals surface area contributed by atoms with Gasteiger partial charge in [-0.2, -0.15) is 17.4 Å². The molecular weight excluding hydrogens is 410 g/mol. The predicted molar refractivity (Wildman–Crippen MR) is 100 cm³/mol. The Hall–Kier alpha value is -1.47. The molecule has 0 aromatic carbocycles. The largest absolute Gasteiger partial charge is 0.477 e. The number of carbonyl (C=O) groups is 3. The molecular formula is C16H23N3O7S2. The number of rotatable bonds is 8. The number of thioether (sulfide) groups is 1. The van der Waals surface area contributed by atoms with E-state index in [4.69, 9.17) is 0 Å². The van der Waals surface area contributed by atoms with E-state index in [9.17, 15) is 33.0 Å². The van der Waals surface area contributed by atoms with Gasteiger partial charge in [-0.3, -0.25) is 9.59 Å². The van der Waals surface area contributed by atoms with Gasteiger partial charge in [0.15, 0.2) is 0 Å². The van der Waals surface area contributed by atoms with Crippen LogP contribution in [0.25, 0.3) is 0 Å². The number of nitrogens with one attached hydrogen (secondary N) is 1. The molecule has 0 unspecified atom stereocenters. The summed E-state index contributed by atoms with van der Waals surface area (Å²) >= 11 is 1.27. The normalized spacial score (nSPS) is 29.4. The molecule has 3 aliphatic rings. The molecule has 3 aliphatic heterocycles. The number of carbonyl (C=O) groups excluding carboxylic acids is 2. The molecule has 0 spiro atoms. The zero-order valence-corrected chi connectivity index (χ0v) is 17.3. The molecule has 0 bridgehead atoms. The zero-order valence-electron chi connectivity index (χ0n) is 15.7. The summed E-state index contributed by atoms with van der Waals surface area (Å²) in [5.41, 5.74) is -0.0691. The van der Waals surface area contributed by atoms with Crippen molar-refractivity contribution in [3.05, 3.63) is 10.6 Å². The highest BCUT2D eigenvalue weighted by Gasteiger charge is 2.60. The average Bonchev–Trinajstić information content (AvgIpc) is 2.77. The number of aliphatic carboxylic acids is 1. The van der Waals surface area contributed by atoms with E-state index in [-0.39, 0.29) is 42.3 Å². The molecule has 3 rings (SSSR count). The SMILES string of the molecule is CC(=O)CNS(=O)(=O)N1CC(SC2=C(C(=O)O)N3C(=O)[C@H]([C@@H](C)O)[C@H]3[C@H]2C)C1. The van der Waals surface area contributed by atoms with Gasteiger partial charge < -0.3 is 15.1 Å². The molecule has 2 fully saturated rings. The van der Waals surface area contributed by atoms with Crippen LogP contribution in [-0.4, -0.2) is 82.5 Å². The van der Waals surface area contributed by atoms with E-state index < -0.39 is 40.1 Å². The van der Waals surface area contributed by atoms with Gasteiger partial charge in [0.2, 0.25) is 5.91 Å². The van der Waals surface area contributed by atoms with Crippen LogP contribution >= 0.6 is 11.8 Å². The van der Waals surface area contributed by atoms with E-state index in [2.05, 4.69) is 4.72 Å². The van der Waals surface area contributed by atoms with Gasteiger partial charge in [-0.1, -0.05) is 6.92 Å². The van der Waals surface area contributed by atoms with Gasteiger partial charge in [0.25, 0.3) is 10.2 Å². The van der Waals surface area contributed by atoms with E-state index >= 15 is 0 Å². The summed E-state index contributed by atoms with van der Waals surface area (Å²) in [4.78, 5) is 36.8. The van der Waals surface area contributed by atoms with E-state index in [1.165, 1.54) is 34.8 Å². The summed E-state index contributed by atoms with van der Waals surface area (Å²) in [7, 11) is -3.75. The fourth-order valence-electron chi connectivity index (χ4n) is 3.81. The standard InChI is InChI=1S/C16H23N3O7S2/c1-7(20)4-17-28(25,26)18-5-10(6-18)27-14-8(2)12-11(9(3)21)15(22)19(12)13(14)16(23)24/h8-12,17,21H,4-6H2,1-3H3,(H,23,24)/t8-,9-,11-,12-/m1/s1. The molecule has 1 amide bonds. The van der Waals surface area contributed by atoms with Crippen LogP contribution in [0.3, 0.4) is 0 Å². The maximum Gasteiger partial charge on any atom is 0.353 e. The van der Waals surface area contributed by atoms with Gasteiger partial charge in [0, 0.05) is 29.2 Å². The molecule has 0 saturated carbocycles. The van der Waals surface area contributed by atoms with Gasteiger partial charge in [0.1, 0.15) is 11.5 Å². The molecule has 10 nitrogen and oxygen atoms in total. The highest BCUT2D eigenvalue weighted by atomic mass is 32.2. The molecule has 4 atom stereocenters. The van der Waals surface area contributed by atoms with Crippen molar-refractivity contribution in [2.45, 2.75) is 38.2 Å². The molecule has 2 saturated heterocycles. The summed E-state index contributed by atoms with van der Waals surface area (Å²) in [5, 5.41) is 19.3. The lowest BCUT2D eigenvalue weighted by molar-refractivity contribution is -0.163. The average molecular weight is 434 g/mol. The summed E-state index contributed by atoms with van der Waals surface area (Å²) in [5.74, 6) is -2.79. The number of β-lactam (4-membered cyclic amide) rings is 1. The minimum absolute atomic E-state index is 0.0691. The van der Waals surface area contributed by atoms with Crippen LogP contribution in [0.5, 0.6) is 0 Å². The molecule has 12 heteroatoms. The third kappa shape index (κ3) is 3.47. The van der Waals surface area contributed by atoms with Crippen LogP contribution in [-0.2, 0) is 24.6 Å². The van der Waals surface area contributed by atoms with Gasteiger partial charge in [-0.15, -0.1) is 11.8 Å². The minimum atomic E-state index is -3.75. The molecule has 156 valence electrons. The second kappa shape index (κ2) is 7.41. The quantitative estimate of drug-likeness (QED) is 0.413. The molecule has 3 heterocycles. The number of amides is 1. The first-order valence-corrected chi connectivity index (χ1v) is 11.2. The van der Waals surface area contributed by atoms with Crippen molar-refractivity contribution in [3.8, 4) is 0 Å². The molecule has 28 heavy (non-hydrogen) atoms. The van der Waals surface area contributed by atoms with Crippen molar-refractivity contribution in [3.63, 3.8) is 0 Å². The third-order valence-corrected chi connectivity index (χ3v) is 8.20. The van der Waals surface area contributed by atoms with Crippen molar-refractivity contribution in [1.82, 2.24) is 13.9 Å². The monoisotopic (exact) mass is 433 g/mol. The summed E-state index contributed by atoms with van der Waals surface area (Å²) in [6.07, 6.45) is -0.868. The van der Waals surface area contributed by atoms with Crippen molar-refractivity contribution in [1.29, 1.82) is 0 Å². The third-order valence-electron chi connectivity index (χ3n) is 5.26. The maximum absolute atomic E-state index is 12.3. The number of hydrogen-bond donors (Lipinski definition) is 3. The smallest absolute Gasteiger partial charge is 0.353 e. The summed E-state index contributed by atoms with van der Waals surface area (Å²) in [6.45, 7) is 4.70.